The lowest BCUT2D eigenvalue weighted by Gasteiger charge is -2.11. The molecule has 136 valence electrons. The van der Waals surface area contributed by atoms with Gasteiger partial charge in [0.15, 0.2) is 5.11 Å². The molecule has 26 heavy (non-hydrogen) atoms. The molecule has 6 nitrogen and oxygen atoms in total. The Morgan fingerprint density at radius 1 is 1.15 bits per heavy atom. The molecule has 3 N–H and O–H groups in total. The first kappa shape index (κ1) is 19.7. The van der Waals surface area contributed by atoms with Crippen LogP contribution in [0.15, 0.2) is 66.1 Å². The van der Waals surface area contributed by atoms with Crippen molar-refractivity contribution in [2.75, 3.05) is 11.9 Å². The van der Waals surface area contributed by atoms with Crippen molar-refractivity contribution in [3.8, 4) is 0 Å². The Morgan fingerprint density at radius 3 is 2.42 bits per heavy atom. The van der Waals surface area contributed by atoms with Crippen molar-refractivity contribution in [3.63, 3.8) is 0 Å². The van der Waals surface area contributed by atoms with Crippen molar-refractivity contribution < 1.29 is 17.6 Å². The summed E-state index contributed by atoms with van der Waals surface area (Å²) >= 11 is 5.01. The molecule has 0 fully saturated rings. The average molecular weight is 393 g/mol. The Kier molecular flexibility index (Phi) is 6.56. The molecule has 2 aromatic carbocycles. The molecule has 0 aliphatic heterocycles. The number of thiocarbonyl (C=S) groups is 1. The molecule has 0 heterocycles. The number of benzene rings is 2. The minimum atomic E-state index is -3.62. The van der Waals surface area contributed by atoms with E-state index in [1.54, 1.807) is 0 Å². The van der Waals surface area contributed by atoms with Crippen molar-refractivity contribution in [1.29, 1.82) is 0 Å². The van der Waals surface area contributed by atoms with Gasteiger partial charge in [0.2, 0.25) is 10.0 Å². The Labute approximate surface area is 156 Å². The van der Waals surface area contributed by atoms with Crippen LogP contribution in [0.25, 0.3) is 0 Å². The normalized spacial score (nSPS) is 10.8. The van der Waals surface area contributed by atoms with Gasteiger partial charge in [0.05, 0.1) is 10.5 Å². The lowest BCUT2D eigenvalue weighted by molar-refractivity contribution is 0.0974. The number of sulfonamides is 1. The van der Waals surface area contributed by atoms with E-state index in [9.17, 15) is 17.6 Å². The molecule has 9 heteroatoms. The van der Waals surface area contributed by atoms with Crippen LogP contribution in [0.5, 0.6) is 0 Å². The minimum Gasteiger partial charge on any atom is -0.332 e. The summed E-state index contributed by atoms with van der Waals surface area (Å²) in [5.74, 6) is -1.34. The fraction of sp³-hybridized carbons (Fsp3) is 0.0588. The van der Waals surface area contributed by atoms with Gasteiger partial charge in [-0.2, -0.15) is 0 Å². The summed E-state index contributed by atoms with van der Waals surface area (Å²) in [5.41, 5.74) is 0.331. The molecule has 0 aliphatic rings. The van der Waals surface area contributed by atoms with Crippen LogP contribution in [0, 0.1) is 5.82 Å². The van der Waals surface area contributed by atoms with Crippen molar-refractivity contribution >= 4 is 38.9 Å². The van der Waals surface area contributed by atoms with E-state index in [0.29, 0.717) is 5.69 Å². The summed E-state index contributed by atoms with van der Waals surface area (Å²) in [5, 5.41) is 5.04. The number of carbonyl (C=O) groups is 1. The lowest BCUT2D eigenvalue weighted by Crippen LogP contribution is -2.34. The number of amides is 1. The first-order valence-corrected chi connectivity index (χ1v) is 9.30. The highest BCUT2D eigenvalue weighted by Crippen LogP contribution is 2.14. The molecule has 0 bridgehead atoms. The Morgan fingerprint density at radius 2 is 1.81 bits per heavy atom. The number of nitrogens with one attached hydrogen (secondary N) is 3. The van der Waals surface area contributed by atoms with Crippen LogP contribution in [-0.4, -0.2) is 26.0 Å². The second kappa shape index (κ2) is 8.65. The van der Waals surface area contributed by atoms with Crippen molar-refractivity contribution in [2.45, 2.75) is 4.90 Å². The summed E-state index contributed by atoms with van der Waals surface area (Å²) < 4.78 is 39.8. The van der Waals surface area contributed by atoms with E-state index in [1.165, 1.54) is 54.6 Å². The maximum absolute atomic E-state index is 13.6. The highest BCUT2D eigenvalue weighted by Gasteiger charge is 2.14. The highest BCUT2D eigenvalue weighted by molar-refractivity contribution is 7.89. The van der Waals surface area contributed by atoms with Crippen LogP contribution < -0.4 is 15.4 Å². The maximum atomic E-state index is 13.6. The van der Waals surface area contributed by atoms with Crippen molar-refractivity contribution in [1.82, 2.24) is 10.0 Å². The molecule has 2 rings (SSSR count). The van der Waals surface area contributed by atoms with Gasteiger partial charge in [-0.05, 0) is 48.6 Å². The summed E-state index contributed by atoms with van der Waals surface area (Å²) in [4.78, 5) is 12.1. The molecule has 0 saturated heterocycles. The first-order chi connectivity index (χ1) is 12.3. The van der Waals surface area contributed by atoms with E-state index < -0.39 is 21.7 Å². The second-order valence-corrected chi connectivity index (χ2v) is 7.23. The third kappa shape index (κ3) is 5.19. The zero-order valence-electron chi connectivity index (χ0n) is 13.5. The topological polar surface area (TPSA) is 87.3 Å². The molecule has 0 radical (unpaired) electrons. The minimum absolute atomic E-state index is 0.0429. The van der Waals surface area contributed by atoms with Crippen LogP contribution in [0.1, 0.15) is 10.4 Å². The van der Waals surface area contributed by atoms with E-state index >= 15 is 0 Å². The van der Waals surface area contributed by atoms with E-state index in [2.05, 4.69) is 21.9 Å². The third-order valence-corrected chi connectivity index (χ3v) is 4.83. The zero-order valence-corrected chi connectivity index (χ0v) is 15.2. The smallest absolute Gasteiger partial charge is 0.260 e. The van der Waals surface area contributed by atoms with Gasteiger partial charge in [-0.15, -0.1) is 6.58 Å². The Hall–Kier alpha value is -2.62. The highest BCUT2D eigenvalue weighted by atomic mass is 32.2. The predicted octanol–water partition coefficient (Wildman–Crippen LogP) is 2.42. The fourth-order valence-electron chi connectivity index (χ4n) is 1.95. The first-order valence-electron chi connectivity index (χ1n) is 7.41. The lowest BCUT2D eigenvalue weighted by atomic mass is 10.2. The predicted molar refractivity (Wildman–Crippen MR) is 102 cm³/mol. The van der Waals surface area contributed by atoms with Gasteiger partial charge in [-0.1, -0.05) is 18.2 Å². The largest absolute Gasteiger partial charge is 0.332 e. The van der Waals surface area contributed by atoms with Crippen LogP contribution >= 0.6 is 12.2 Å². The Balaban J connectivity index is 2.00. The number of anilines is 1. The monoisotopic (exact) mass is 393 g/mol. The van der Waals surface area contributed by atoms with E-state index in [1.807, 2.05) is 0 Å². The van der Waals surface area contributed by atoms with E-state index in [-0.39, 0.29) is 22.1 Å². The quantitative estimate of drug-likeness (QED) is 0.518. The third-order valence-electron chi connectivity index (χ3n) is 3.19. The Bertz CT molecular complexity index is 929. The molecular formula is C17H16FN3O3S2. The van der Waals surface area contributed by atoms with Crippen LogP contribution in [0.3, 0.4) is 0 Å². The van der Waals surface area contributed by atoms with Gasteiger partial charge in [0, 0.05) is 12.2 Å². The van der Waals surface area contributed by atoms with Crippen molar-refractivity contribution in [3.05, 3.63) is 72.6 Å². The molecule has 0 unspecified atom stereocenters. The van der Waals surface area contributed by atoms with E-state index in [0.717, 1.165) is 0 Å². The number of halogens is 1. The molecule has 0 aromatic heterocycles. The summed E-state index contributed by atoms with van der Waals surface area (Å²) in [6, 6.07) is 11.3. The van der Waals surface area contributed by atoms with Gasteiger partial charge in [-0.3, -0.25) is 10.1 Å². The molecule has 0 atom stereocenters. The second-order valence-electron chi connectivity index (χ2n) is 5.05. The van der Waals surface area contributed by atoms with Crippen LogP contribution in [0.4, 0.5) is 10.1 Å². The average Bonchev–Trinajstić information content (AvgIpc) is 2.60. The van der Waals surface area contributed by atoms with Gasteiger partial charge in [0.25, 0.3) is 5.91 Å². The number of carbonyl (C=O) groups excluding carboxylic acids is 1. The fourth-order valence-corrected chi connectivity index (χ4v) is 3.16. The van der Waals surface area contributed by atoms with Gasteiger partial charge in [-0.25, -0.2) is 17.5 Å². The van der Waals surface area contributed by atoms with Crippen LogP contribution in [-0.2, 0) is 10.0 Å². The molecule has 1 amide bonds. The summed E-state index contributed by atoms with van der Waals surface area (Å²) in [7, 11) is -3.62. The van der Waals surface area contributed by atoms with Gasteiger partial charge in [0.1, 0.15) is 5.82 Å². The van der Waals surface area contributed by atoms with Crippen LogP contribution in [0.2, 0.25) is 0 Å². The summed E-state index contributed by atoms with van der Waals surface area (Å²) in [6.07, 6.45) is 1.43. The maximum Gasteiger partial charge on any atom is 0.260 e. The molecular weight excluding hydrogens is 377 g/mol. The van der Waals surface area contributed by atoms with Gasteiger partial charge >= 0.3 is 0 Å². The van der Waals surface area contributed by atoms with E-state index in [4.69, 9.17) is 12.2 Å². The molecule has 0 aliphatic carbocycles. The molecule has 0 saturated carbocycles. The summed E-state index contributed by atoms with van der Waals surface area (Å²) in [6.45, 7) is 3.57. The SMILES string of the molecule is C=CCNS(=O)(=O)c1ccc(NC(=S)NC(=O)c2ccccc2F)cc1. The number of hydrogen-bond acceptors (Lipinski definition) is 4. The zero-order chi connectivity index (χ0) is 19.2. The standard InChI is InChI=1S/C17H16FN3O3S2/c1-2-11-19-26(23,24)13-9-7-12(8-10-13)20-17(25)21-16(22)14-5-3-4-6-15(14)18/h2-10,19H,1,11H2,(H2,20,21,22,25). The number of rotatable bonds is 6. The molecule has 0 spiro atoms. The number of hydrogen-bond donors (Lipinski definition) is 3. The molecule has 2 aromatic rings. The van der Waals surface area contributed by atoms with Crippen molar-refractivity contribution in [2.24, 2.45) is 0 Å². The van der Waals surface area contributed by atoms with Gasteiger partial charge < -0.3 is 5.32 Å².